The van der Waals surface area contributed by atoms with E-state index in [-0.39, 0.29) is 5.75 Å². The van der Waals surface area contributed by atoms with Crippen molar-refractivity contribution < 1.29 is 13.5 Å². The molecule has 0 fully saturated rings. The lowest BCUT2D eigenvalue weighted by Gasteiger charge is -2.18. The molecule has 0 amide bonds. The number of nitrogens with zero attached hydrogens (tertiary/aromatic N) is 1. The molecule has 1 atom stereocenters. The van der Waals surface area contributed by atoms with E-state index in [1.165, 1.54) is 23.5 Å². The normalized spacial score (nSPS) is 13.5. The number of aromatic nitrogens is 1. The third-order valence-corrected chi connectivity index (χ3v) is 7.56. The molecule has 0 unspecified atom stereocenters. The van der Waals surface area contributed by atoms with Crippen LogP contribution >= 0.6 is 18.7 Å². The average Bonchev–Trinajstić information content (AvgIpc) is 3.09. The highest BCUT2D eigenvalue weighted by Crippen LogP contribution is 2.47. The number of thiazole rings is 1. The monoisotopic (exact) mass is 369 g/mol. The van der Waals surface area contributed by atoms with E-state index in [9.17, 15) is 8.96 Å². The molecule has 0 saturated carbocycles. The average molecular weight is 369 g/mol. The molecule has 124 valence electrons. The zero-order valence-corrected chi connectivity index (χ0v) is 14.7. The molecule has 0 N–H and O–H groups in total. The Hall–Kier alpha value is -2.49. The molecule has 0 aliphatic heterocycles. The number of hydrogen-bond acceptors (Lipinski definition) is 4. The zero-order valence-electron chi connectivity index (χ0n) is 13.0. The minimum atomic E-state index is -3.58. The highest BCUT2D eigenvalue weighted by Gasteiger charge is 2.34. The van der Waals surface area contributed by atoms with Gasteiger partial charge in [-0.05, 0) is 36.4 Å². The number of hydrogen-bond donors (Lipinski definition) is 0. The molecule has 1 heterocycles. The maximum atomic E-state index is 14.1. The van der Waals surface area contributed by atoms with E-state index in [4.69, 9.17) is 4.52 Å². The van der Waals surface area contributed by atoms with Gasteiger partial charge < -0.3 is 4.52 Å². The molecule has 0 radical (unpaired) electrons. The summed E-state index contributed by atoms with van der Waals surface area (Å²) in [6, 6.07) is 22.3. The van der Waals surface area contributed by atoms with Crippen LogP contribution in [-0.4, -0.2) is 4.98 Å². The highest BCUT2D eigenvalue weighted by atomic mass is 32.1. The SMILES string of the molecule is O=[P@](Oc1ccccc1F)(c1ccccc1)c1nc2ccccc2s1. The van der Waals surface area contributed by atoms with E-state index >= 15 is 0 Å². The van der Waals surface area contributed by atoms with E-state index in [0.29, 0.717) is 10.1 Å². The molecule has 3 aromatic carbocycles. The standard InChI is InChI=1S/C19H13FNO2PS/c20-15-10-4-6-12-17(15)23-24(22,14-8-2-1-3-9-14)19-21-16-11-5-7-13-18(16)25-19/h1-13H/t24-/m0/s1. The van der Waals surface area contributed by atoms with Crippen LogP contribution in [0.2, 0.25) is 0 Å². The number of benzene rings is 3. The molecule has 6 heteroatoms. The summed E-state index contributed by atoms with van der Waals surface area (Å²) in [4.78, 5) is 4.49. The maximum absolute atomic E-state index is 14.1. The Labute approximate surface area is 148 Å². The lowest BCUT2D eigenvalue weighted by Crippen LogP contribution is -2.20. The summed E-state index contributed by atoms with van der Waals surface area (Å²) in [5.74, 6) is -0.603. The van der Waals surface area contributed by atoms with E-state index in [1.807, 2.05) is 30.3 Å². The van der Waals surface area contributed by atoms with E-state index < -0.39 is 13.2 Å². The van der Waals surface area contributed by atoms with Crippen LogP contribution in [0.5, 0.6) is 5.75 Å². The van der Waals surface area contributed by atoms with Gasteiger partial charge >= 0.3 is 7.37 Å². The Kier molecular flexibility index (Phi) is 4.12. The molecule has 4 rings (SSSR count). The molecular formula is C19H13FNO2PS. The van der Waals surface area contributed by atoms with Crippen LogP contribution in [0.3, 0.4) is 0 Å². The molecule has 0 aliphatic carbocycles. The first-order chi connectivity index (χ1) is 12.2. The van der Waals surface area contributed by atoms with Gasteiger partial charge in [-0.2, -0.15) is 0 Å². The van der Waals surface area contributed by atoms with Gasteiger partial charge in [0, 0.05) is 0 Å². The van der Waals surface area contributed by atoms with Crippen LogP contribution in [0.1, 0.15) is 0 Å². The summed E-state index contributed by atoms with van der Waals surface area (Å²) < 4.78 is 35.0. The Morgan fingerprint density at radius 1 is 0.880 bits per heavy atom. The molecule has 0 spiro atoms. The second kappa shape index (κ2) is 6.43. The third-order valence-electron chi connectivity index (χ3n) is 3.69. The van der Waals surface area contributed by atoms with Crippen LogP contribution < -0.4 is 14.6 Å². The van der Waals surface area contributed by atoms with Crippen LogP contribution in [-0.2, 0) is 4.57 Å². The predicted molar refractivity (Wildman–Crippen MR) is 100.0 cm³/mol. The van der Waals surface area contributed by atoms with Crippen molar-refractivity contribution in [3.05, 3.63) is 84.7 Å². The van der Waals surface area contributed by atoms with Crippen LogP contribution in [0.25, 0.3) is 10.2 Å². The molecule has 4 aromatic rings. The molecule has 0 aliphatic rings. The van der Waals surface area contributed by atoms with E-state index in [1.54, 1.807) is 36.4 Å². The number of fused-ring (bicyclic) bond motifs is 1. The van der Waals surface area contributed by atoms with Gasteiger partial charge in [0.1, 0.15) is 0 Å². The molecule has 25 heavy (non-hydrogen) atoms. The summed E-state index contributed by atoms with van der Waals surface area (Å²) in [5, 5.41) is 0.484. The van der Waals surface area contributed by atoms with Gasteiger partial charge in [-0.3, -0.25) is 4.57 Å². The molecule has 0 saturated heterocycles. The first-order valence-corrected chi connectivity index (χ1v) is 10.1. The fraction of sp³-hybridized carbons (Fsp3) is 0. The van der Waals surface area contributed by atoms with Crippen molar-refractivity contribution in [3.63, 3.8) is 0 Å². The van der Waals surface area contributed by atoms with Crippen molar-refractivity contribution in [2.75, 3.05) is 0 Å². The summed E-state index contributed by atoms with van der Waals surface area (Å²) in [5.41, 5.74) is 0.746. The largest absolute Gasteiger partial charge is 0.432 e. The second-order valence-corrected chi connectivity index (χ2v) is 8.93. The van der Waals surface area contributed by atoms with Crippen molar-refractivity contribution in [2.45, 2.75) is 0 Å². The zero-order chi connectivity index (χ0) is 17.3. The minimum Gasteiger partial charge on any atom is -0.432 e. The smallest absolute Gasteiger partial charge is 0.334 e. The van der Waals surface area contributed by atoms with Crippen molar-refractivity contribution in [1.82, 2.24) is 4.98 Å². The lowest BCUT2D eigenvalue weighted by molar-refractivity contribution is 0.475. The number of para-hydroxylation sites is 2. The van der Waals surface area contributed by atoms with Crippen molar-refractivity contribution in [1.29, 1.82) is 0 Å². The summed E-state index contributed by atoms with van der Waals surface area (Å²) in [6.07, 6.45) is 0. The van der Waals surface area contributed by atoms with E-state index in [2.05, 4.69) is 4.98 Å². The second-order valence-electron chi connectivity index (χ2n) is 5.37. The Morgan fingerprint density at radius 2 is 1.56 bits per heavy atom. The first kappa shape index (κ1) is 16.0. The number of rotatable bonds is 4. The number of halogens is 1. The van der Waals surface area contributed by atoms with Crippen molar-refractivity contribution in [3.8, 4) is 5.75 Å². The molecule has 1 aromatic heterocycles. The van der Waals surface area contributed by atoms with E-state index in [0.717, 1.165) is 10.2 Å². The third kappa shape index (κ3) is 2.97. The predicted octanol–water partition coefficient (Wildman–Crippen LogP) is 4.74. The fourth-order valence-electron chi connectivity index (χ4n) is 2.47. The summed E-state index contributed by atoms with van der Waals surface area (Å²) in [6.45, 7) is 0. The van der Waals surface area contributed by atoms with Crippen LogP contribution in [0.15, 0.2) is 78.9 Å². The summed E-state index contributed by atoms with van der Waals surface area (Å²) in [7, 11) is -3.58. The van der Waals surface area contributed by atoms with Crippen LogP contribution in [0, 0.1) is 5.82 Å². The molecular weight excluding hydrogens is 356 g/mol. The molecule has 3 nitrogen and oxygen atoms in total. The van der Waals surface area contributed by atoms with Gasteiger partial charge in [0.25, 0.3) is 0 Å². The Morgan fingerprint density at radius 3 is 2.32 bits per heavy atom. The van der Waals surface area contributed by atoms with Gasteiger partial charge in [-0.1, -0.05) is 42.5 Å². The molecule has 0 bridgehead atoms. The van der Waals surface area contributed by atoms with Crippen molar-refractivity contribution >= 4 is 39.0 Å². The first-order valence-electron chi connectivity index (χ1n) is 7.63. The van der Waals surface area contributed by atoms with Gasteiger partial charge in [-0.25, -0.2) is 9.37 Å². The highest BCUT2D eigenvalue weighted by molar-refractivity contribution is 7.79. The lowest BCUT2D eigenvalue weighted by atomic mass is 10.3. The minimum absolute atomic E-state index is 0.0473. The van der Waals surface area contributed by atoms with Gasteiger partial charge in [0.15, 0.2) is 16.3 Å². The Balaban J connectivity index is 1.90. The van der Waals surface area contributed by atoms with Gasteiger partial charge in [0.05, 0.1) is 15.5 Å². The fourth-order valence-corrected chi connectivity index (χ4v) is 6.01. The topological polar surface area (TPSA) is 39.2 Å². The summed E-state index contributed by atoms with van der Waals surface area (Å²) >= 11 is 1.30. The maximum Gasteiger partial charge on any atom is 0.334 e. The van der Waals surface area contributed by atoms with Crippen LogP contribution in [0.4, 0.5) is 4.39 Å². The quantitative estimate of drug-likeness (QED) is 0.488. The van der Waals surface area contributed by atoms with Gasteiger partial charge in [-0.15, -0.1) is 11.3 Å². The van der Waals surface area contributed by atoms with Crippen molar-refractivity contribution in [2.24, 2.45) is 0 Å². The van der Waals surface area contributed by atoms with Gasteiger partial charge in [0.2, 0.25) is 0 Å². The Bertz CT molecular complexity index is 1050.